The van der Waals surface area contributed by atoms with Crippen LogP contribution in [0.25, 0.3) is 22.2 Å². The van der Waals surface area contributed by atoms with Gasteiger partial charge in [-0.1, -0.05) is 24.3 Å². The highest BCUT2D eigenvalue weighted by atomic mass is 19.4. The molecule has 0 fully saturated rings. The number of aromatic nitrogens is 3. The van der Waals surface area contributed by atoms with Crippen LogP contribution in [0.1, 0.15) is 23.0 Å². The van der Waals surface area contributed by atoms with Crippen LogP contribution >= 0.6 is 0 Å². The van der Waals surface area contributed by atoms with Crippen molar-refractivity contribution < 1.29 is 59.3 Å². The zero-order valence-corrected chi connectivity index (χ0v) is 20.7. The molecular formula is C25H19F9N4O4. The maximum Gasteiger partial charge on any atom is 0.490 e. The van der Waals surface area contributed by atoms with E-state index >= 15 is 0 Å². The highest BCUT2D eigenvalue weighted by Gasteiger charge is 2.39. The van der Waals surface area contributed by atoms with E-state index in [9.17, 15) is 39.5 Å². The molecule has 4 aromatic rings. The molecule has 17 heteroatoms. The number of imidazole rings is 1. The van der Waals surface area contributed by atoms with E-state index in [0.29, 0.717) is 11.4 Å². The van der Waals surface area contributed by atoms with Gasteiger partial charge in [0.05, 0.1) is 22.6 Å². The van der Waals surface area contributed by atoms with Gasteiger partial charge in [-0.25, -0.2) is 14.6 Å². The van der Waals surface area contributed by atoms with Gasteiger partial charge in [-0.3, -0.25) is 4.98 Å². The third-order valence-corrected chi connectivity index (χ3v) is 5.06. The number of aliphatic carboxylic acids is 2. The molecular weight excluding hydrogens is 591 g/mol. The van der Waals surface area contributed by atoms with E-state index in [1.54, 1.807) is 18.5 Å². The second-order valence-electron chi connectivity index (χ2n) is 8.20. The molecule has 0 saturated heterocycles. The molecule has 2 aromatic carbocycles. The SMILES string of the molecule is N[C@H](Cc1cccc(C(F)(F)F)c1)c1nc2ccc(-c3ccncc3)cc2[nH]1.O=C(O)C(F)(F)F.O=C(O)C(F)(F)F. The van der Waals surface area contributed by atoms with E-state index in [1.165, 1.54) is 6.07 Å². The van der Waals surface area contributed by atoms with Gasteiger partial charge in [0.15, 0.2) is 0 Å². The minimum absolute atomic E-state index is 0.251. The van der Waals surface area contributed by atoms with Crippen molar-refractivity contribution in [2.24, 2.45) is 5.73 Å². The molecule has 4 rings (SSSR count). The van der Waals surface area contributed by atoms with E-state index in [-0.39, 0.29) is 6.42 Å². The molecule has 1 atom stereocenters. The molecule has 0 aliphatic heterocycles. The molecule has 5 N–H and O–H groups in total. The number of fused-ring (bicyclic) bond motifs is 1. The quantitative estimate of drug-likeness (QED) is 0.203. The van der Waals surface area contributed by atoms with Gasteiger partial charge in [0.2, 0.25) is 0 Å². The number of nitrogens with two attached hydrogens (primary N) is 1. The average molecular weight is 610 g/mol. The Morgan fingerprint density at radius 2 is 1.36 bits per heavy atom. The summed E-state index contributed by atoms with van der Waals surface area (Å²) in [7, 11) is 0. The molecule has 226 valence electrons. The largest absolute Gasteiger partial charge is 0.490 e. The van der Waals surface area contributed by atoms with Gasteiger partial charge >= 0.3 is 30.5 Å². The lowest BCUT2D eigenvalue weighted by Crippen LogP contribution is -2.21. The van der Waals surface area contributed by atoms with E-state index in [0.717, 1.165) is 34.3 Å². The van der Waals surface area contributed by atoms with Crippen LogP contribution in [0, 0.1) is 0 Å². The molecule has 2 aromatic heterocycles. The van der Waals surface area contributed by atoms with Crippen molar-refractivity contribution in [1.82, 2.24) is 15.0 Å². The number of rotatable bonds is 4. The zero-order chi connectivity index (χ0) is 31.9. The lowest BCUT2D eigenvalue weighted by Gasteiger charge is -2.11. The Kier molecular flexibility index (Phi) is 10.6. The van der Waals surface area contributed by atoms with E-state index < -0.39 is 42.1 Å². The fraction of sp³-hybridized carbons (Fsp3) is 0.200. The fourth-order valence-corrected chi connectivity index (χ4v) is 3.15. The normalized spacial score (nSPS) is 12.4. The first-order valence-electron chi connectivity index (χ1n) is 11.2. The lowest BCUT2D eigenvalue weighted by molar-refractivity contribution is -0.193. The van der Waals surface area contributed by atoms with Crippen molar-refractivity contribution in [2.45, 2.75) is 31.0 Å². The van der Waals surface area contributed by atoms with Gasteiger partial charge in [0.25, 0.3) is 0 Å². The minimum atomic E-state index is -5.08. The maximum absolute atomic E-state index is 12.9. The standard InChI is InChI=1S/C21H17F3N4.2C2HF3O2/c22-21(23,24)16-3-1-2-13(10-16)11-17(25)20-27-18-5-4-15(12-19(18)28-20)14-6-8-26-9-7-14;2*3-2(4,5)1(6)7/h1-10,12,17H,11,25H2,(H,27,28);2*(H,6,7)/t17-;;/m1../s1. The molecule has 0 aliphatic carbocycles. The van der Waals surface area contributed by atoms with Crippen LogP contribution in [-0.4, -0.2) is 49.5 Å². The molecule has 0 radical (unpaired) electrons. The second-order valence-corrected chi connectivity index (χ2v) is 8.20. The average Bonchev–Trinajstić information content (AvgIpc) is 3.32. The summed E-state index contributed by atoms with van der Waals surface area (Å²) in [4.78, 5) is 29.5. The Morgan fingerprint density at radius 1 is 0.810 bits per heavy atom. The van der Waals surface area contributed by atoms with Crippen molar-refractivity contribution in [3.8, 4) is 11.1 Å². The van der Waals surface area contributed by atoms with Gasteiger partial charge in [-0.05, 0) is 53.4 Å². The van der Waals surface area contributed by atoms with E-state index in [1.807, 2.05) is 30.3 Å². The van der Waals surface area contributed by atoms with Crippen LogP contribution in [0.5, 0.6) is 0 Å². The van der Waals surface area contributed by atoms with Crippen LogP contribution in [-0.2, 0) is 22.2 Å². The lowest BCUT2D eigenvalue weighted by atomic mass is 10.0. The zero-order valence-electron chi connectivity index (χ0n) is 20.7. The smallest absolute Gasteiger partial charge is 0.475 e. The molecule has 0 saturated carbocycles. The number of nitrogens with one attached hydrogen (secondary N) is 1. The molecule has 0 aliphatic rings. The third-order valence-electron chi connectivity index (χ3n) is 5.06. The van der Waals surface area contributed by atoms with Crippen molar-refractivity contribution in [3.05, 3.63) is 83.9 Å². The Hall–Kier alpha value is -4.67. The third kappa shape index (κ3) is 10.1. The number of hydrogen-bond donors (Lipinski definition) is 4. The van der Waals surface area contributed by atoms with Crippen LogP contribution in [0.2, 0.25) is 0 Å². The molecule has 42 heavy (non-hydrogen) atoms. The predicted molar refractivity (Wildman–Crippen MR) is 129 cm³/mol. The van der Waals surface area contributed by atoms with Crippen LogP contribution < -0.4 is 5.73 Å². The molecule has 0 spiro atoms. The van der Waals surface area contributed by atoms with E-state index in [4.69, 9.17) is 25.5 Å². The number of carbonyl (C=O) groups is 2. The van der Waals surface area contributed by atoms with Crippen molar-refractivity contribution in [3.63, 3.8) is 0 Å². The van der Waals surface area contributed by atoms with Gasteiger partial charge in [-0.2, -0.15) is 39.5 Å². The number of aromatic amines is 1. The summed E-state index contributed by atoms with van der Waals surface area (Å²) in [5, 5.41) is 14.2. The van der Waals surface area contributed by atoms with Gasteiger partial charge in [0, 0.05) is 12.4 Å². The summed E-state index contributed by atoms with van der Waals surface area (Å²) in [5.41, 5.74) is 9.67. The number of H-pyrrole nitrogens is 1. The Balaban J connectivity index is 0.000000367. The van der Waals surface area contributed by atoms with Crippen LogP contribution in [0.15, 0.2) is 67.0 Å². The predicted octanol–water partition coefficient (Wildman–Crippen LogP) is 6.15. The summed E-state index contributed by atoms with van der Waals surface area (Å²) in [6.07, 6.45) is -10.8. The molecule has 0 bridgehead atoms. The summed E-state index contributed by atoms with van der Waals surface area (Å²) in [6.45, 7) is 0. The molecule has 2 heterocycles. The number of nitrogens with zero attached hydrogens (tertiary/aromatic N) is 2. The summed E-state index contributed by atoms with van der Waals surface area (Å²) < 4.78 is 102. The van der Waals surface area contributed by atoms with Gasteiger partial charge < -0.3 is 20.9 Å². The topological polar surface area (TPSA) is 142 Å². The number of carboxylic acids is 2. The number of carboxylic acid groups (broad SMARTS) is 2. The van der Waals surface area contributed by atoms with Gasteiger partial charge in [-0.15, -0.1) is 0 Å². The molecule has 0 amide bonds. The van der Waals surface area contributed by atoms with Gasteiger partial charge in [0.1, 0.15) is 5.82 Å². The number of hydrogen-bond acceptors (Lipinski definition) is 5. The maximum atomic E-state index is 12.9. The Morgan fingerprint density at radius 3 is 1.86 bits per heavy atom. The summed E-state index contributed by atoms with van der Waals surface area (Å²) in [6, 6.07) is 14.3. The summed E-state index contributed by atoms with van der Waals surface area (Å²) in [5.74, 6) is -4.97. The Bertz CT molecular complexity index is 1480. The minimum Gasteiger partial charge on any atom is -0.475 e. The number of benzene rings is 2. The summed E-state index contributed by atoms with van der Waals surface area (Å²) >= 11 is 0. The van der Waals surface area contributed by atoms with Crippen molar-refractivity contribution in [1.29, 1.82) is 0 Å². The first-order chi connectivity index (χ1) is 19.3. The molecule has 0 unspecified atom stereocenters. The highest BCUT2D eigenvalue weighted by Crippen LogP contribution is 2.30. The number of alkyl halides is 9. The molecule has 8 nitrogen and oxygen atoms in total. The van der Waals surface area contributed by atoms with Crippen LogP contribution in [0.4, 0.5) is 39.5 Å². The van der Waals surface area contributed by atoms with Crippen molar-refractivity contribution >= 4 is 23.0 Å². The monoisotopic (exact) mass is 610 g/mol. The van der Waals surface area contributed by atoms with Crippen LogP contribution in [0.3, 0.4) is 0 Å². The first-order valence-corrected chi connectivity index (χ1v) is 11.2. The highest BCUT2D eigenvalue weighted by molar-refractivity contribution is 5.82. The van der Waals surface area contributed by atoms with E-state index in [2.05, 4.69) is 15.0 Å². The fourth-order valence-electron chi connectivity index (χ4n) is 3.15. The van der Waals surface area contributed by atoms with Crippen molar-refractivity contribution in [2.75, 3.05) is 0 Å². The second kappa shape index (κ2) is 13.3. The number of halogens is 9. The Labute approximate surface area is 229 Å². The number of pyridine rings is 1. The first kappa shape index (κ1) is 33.5.